The molecule has 2 aromatic rings. The summed E-state index contributed by atoms with van der Waals surface area (Å²) < 4.78 is 36.3. The molecular weight excluding hydrogens is 231 g/mol. The zero-order chi connectivity index (χ0) is 11.8. The molecule has 0 atom stereocenters. The molecule has 0 amide bonds. The van der Waals surface area contributed by atoms with Gasteiger partial charge >= 0.3 is 0 Å². The molecule has 1 N–H and O–H groups in total. The van der Waals surface area contributed by atoms with Gasteiger partial charge in [-0.15, -0.1) is 0 Å². The van der Waals surface area contributed by atoms with E-state index >= 15 is 0 Å². The Hall–Kier alpha value is -1.69. The van der Waals surface area contributed by atoms with Crippen molar-refractivity contribution < 1.29 is 12.8 Å². The Bertz CT molecular complexity index is 619. The van der Waals surface area contributed by atoms with Crippen LogP contribution in [0.3, 0.4) is 0 Å². The van der Waals surface area contributed by atoms with Crippen LogP contribution >= 0.6 is 0 Å². The first-order chi connectivity index (χ1) is 7.50. The van der Waals surface area contributed by atoms with Crippen LogP contribution in [0.25, 0.3) is 11.3 Å². The number of hydrogen-bond donors (Lipinski definition) is 1. The quantitative estimate of drug-likeness (QED) is 0.867. The molecule has 84 valence electrons. The standard InChI is InChI=1S/C10H9FN2O2S/c1-16(14,15)9-6-12-13-10(9)7-4-2-3-5-8(7)11/h2-6H,1H3,(H,12,13). The minimum absolute atomic E-state index is 0.00222. The van der Waals surface area contributed by atoms with Gasteiger partial charge in [-0.1, -0.05) is 12.1 Å². The largest absolute Gasteiger partial charge is 0.276 e. The van der Waals surface area contributed by atoms with Crippen molar-refractivity contribution in [2.75, 3.05) is 6.26 Å². The van der Waals surface area contributed by atoms with Gasteiger partial charge < -0.3 is 0 Å². The van der Waals surface area contributed by atoms with Crippen LogP contribution in [0.4, 0.5) is 4.39 Å². The first kappa shape index (κ1) is 10.8. The van der Waals surface area contributed by atoms with E-state index in [9.17, 15) is 12.8 Å². The van der Waals surface area contributed by atoms with Gasteiger partial charge in [0.25, 0.3) is 0 Å². The Morgan fingerprint density at radius 2 is 2.00 bits per heavy atom. The van der Waals surface area contributed by atoms with Crippen molar-refractivity contribution in [3.63, 3.8) is 0 Å². The number of aromatic amines is 1. The fraction of sp³-hybridized carbons (Fsp3) is 0.100. The highest BCUT2D eigenvalue weighted by atomic mass is 32.2. The van der Waals surface area contributed by atoms with Gasteiger partial charge in [-0.3, -0.25) is 5.10 Å². The van der Waals surface area contributed by atoms with E-state index in [0.717, 1.165) is 6.26 Å². The first-order valence-corrected chi connectivity index (χ1v) is 6.37. The van der Waals surface area contributed by atoms with Gasteiger partial charge in [0.1, 0.15) is 10.7 Å². The van der Waals surface area contributed by atoms with Crippen LogP contribution < -0.4 is 0 Å². The summed E-state index contributed by atoms with van der Waals surface area (Å²) in [6.07, 6.45) is 2.24. The lowest BCUT2D eigenvalue weighted by Crippen LogP contribution is -1.98. The molecule has 0 aliphatic heterocycles. The molecule has 0 fully saturated rings. The van der Waals surface area contributed by atoms with Gasteiger partial charge in [0.05, 0.1) is 11.9 Å². The van der Waals surface area contributed by atoms with Gasteiger partial charge in [-0.05, 0) is 12.1 Å². The second kappa shape index (κ2) is 3.71. The third kappa shape index (κ3) is 1.83. The summed E-state index contributed by atoms with van der Waals surface area (Å²) in [6.45, 7) is 0. The zero-order valence-electron chi connectivity index (χ0n) is 8.44. The number of halogens is 1. The highest BCUT2D eigenvalue weighted by Crippen LogP contribution is 2.26. The molecule has 16 heavy (non-hydrogen) atoms. The van der Waals surface area contributed by atoms with Crippen molar-refractivity contribution in [2.45, 2.75) is 4.90 Å². The summed E-state index contributed by atoms with van der Waals surface area (Å²) in [5.41, 5.74) is 0.376. The molecule has 0 bridgehead atoms. The Balaban J connectivity index is 2.68. The summed E-state index contributed by atoms with van der Waals surface area (Å²) in [5.74, 6) is -0.489. The number of sulfone groups is 1. The van der Waals surface area contributed by atoms with Gasteiger partial charge in [-0.25, -0.2) is 12.8 Å². The van der Waals surface area contributed by atoms with Crippen LogP contribution in [0, 0.1) is 5.82 Å². The number of rotatable bonds is 2. The van der Waals surface area contributed by atoms with Crippen LogP contribution in [-0.4, -0.2) is 24.9 Å². The fourth-order valence-corrected chi connectivity index (χ4v) is 2.18. The summed E-state index contributed by atoms with van der Waals surface area (Å²) in [4.78, 5) is -0.00222. The molecular formula is C10H9FN2O2S. The van der Waals surface area contributed by atoms with Crippen molar-refractivity contribution in [3.05, 3.63) is 36.3 Å². The maximum absolute atomic E-state index is 13.5. The number of H-pyrrole nitrogens is 1. The lowest BCUT2D eigenvalue weighted by atomic mass is 10.1. The Morgan fingerprint density at radius 3 is 2.62 bits per heavy atom. The van der Waals surface area contributed by atoms with Crippen LogP contribution in [0.15, 0.2) is 35.4 Å². The number of hydrogen-bond acceptors (Lipinski definition) is 3. The molecule has 0 saturated carbocycles. The minimum atomic E-state index is -3.42. The molecule has 0 radical (unpaired) electrons. The lowest BCUT2D eigenvalue weighted by molar-refractivity contribution is 0.602. The Morgan fingerprint density at radius 1 is 1.31 bits per heavy atom. The highest BCUT2D eigenvalue weighted by molar-refractivity contribution is 7.90. The van der Waals surface area contributed by atoms with E-state index in [0.29, 0.717) is 0 Å². The van der Waals surface area contributed by atoms with E-state index in [-0.39, 0.29) is 16.2 Å². The van der Waals surface area contributed by atoms with E-state index in [2.05, 4.69) is 10.2 Å². The van der Waals surface area contributed by atoms with Gasteiger partial charge in [0.15, 0.2) is 9.84 Å². The molecule has 1 aromatic heterocycles. The van der Waals surface area contributed by atoms with Crippen molar-refractivity contribution in [2.24, 2.45) is 0 Å². The second-order valence-electron chi connectivity index (χ2n) is 3.36. The Kier molecular flexibility index (Phi) is 2.51. The molecule has 0 aliphatic rings. The van der Waals surface area contributed by atoms with E-state index in [1.165, 1.54) is 24.4 Å². The van der Waals surface area contributed by atoms with Crippen molar-refractivity contribution in [1.82, 2.24) is 10.2 Å². The minimum Gasteiger partial charge on any atom is -0.276 e. The maximum atomic E-state index is 13.5. The average molecular weight is 240 g/mol. The number of benzene rings is 1. The van der Waals surface area contributed by atoms with Gasteiger partial charge in [0, 0.05) is 11.8 Å². The predicted molar refractivity (Wildman–Crippen MR) is 57.1 cm³/mol. The second-order valence-corrected chi connectivity index (χ2v) is 5.35. The van der Waals surface area contributed by atoms with Gasteiger partial charge in [0.2, 0.25) is 0 Å². The SMILES string of the molecule is CS(=O)(=O)c1cn[nH]c1-c1ccccc1F. The normalized spacial score (nSPS) is 11.6. The van der Waals surface area contributed by atoms with E-state index in [1.807, 2.05) is 0 Å². The van der Waals surface area contributed by atoms with Crippen LogP contribution in [0.2, 0.25) is 0 Å². The van der Waals surface area contributed by atoms with E-state index < -0.39 is 15.7 Å². The molecule has 0 unspecified atom stereocenters. The molecule has 4 nitrogen and oxygen atoms in total. The molecule has 6 heteroatoms. The third-order valence-corrected chi connectivity index (χ3v) is 3.26. The molecule has 1 aromatic carbocycles. The summed E-state index contributed by atoms with van der Waals surface area (Å²) >= 11 is 0. The van der Waals surface area contributed by atoms with Crippen LogP contribution in [0.5, 0.6) is 0 Å². The first-order valence-electron chi connectivity index (χ1n) is 4.48. The van der Waals surface area contributed by atoms with Crippen LogP contribution in [-0.2, 0) is 9.84 Å². The van der Waals surface area contributed by atoms with Crippen molar-refractivity contribution in [1.29, 1.82) is 0 Å². The van der Waals surface area contributed by atoms with Crippen molar-refractivity contribution in [3.8, 4) is 11.3 Å². The van der Waals surface area contributed by atoms with E-state index in [1.54, 1.807) is 6.07 Å². The summed E-state index contributed by atoms with van der Waals surface area (Å²) in [7, 11) is -3.42. The molecule has 0 spiro atoms. The maximum Gasteiger partial charge on any atom is 0.179 e. The number of nitrogens with zero attached hydrogens (tertiary/aromatic N) is 1. The third-order valence-electron chi connectivity index (χ3n) is 2.15. The lowest BCUT2D eigenvalue weighted by Gasteiger charge is -2.02. The Labute approximate surface area is 92.0 Å². The van der Waals surface area contributed by atoms with Gasteiger partial charge in [-0.2, -0.15) is 5.10 Å². The molecule has 0 aliphatic carbocycles. The summed E-state index contributed by atoms with van der Waals surface area (Å²) in [5, 5.41) is 6.14. The topological polar surface area (TPSA) is 62.8 Å². The predicted octanol–water partition coefficient (Wildman–Crippen LogP) is 1.62. The molecule has 1 heterocycles. The fourth-order valence-electron chi connectivity index (χ4n) is 1.41. The highest BCUT2D eigenvalue weighted by Gasteiger charge is 2.18. The smallest absolute Gasteiger partial charge is 0.179 e. The monoisotopic (exact) mass is 240 g/mol. The average Bonchev–Trinajstić information content (AvgIpc) is 2.66. The van der Waals surface area contributed by atoms with E-state index in [4.69, 9.17) is 0 Å². The van der Waals surface area contributed by atoms with Crippen molar-refractivity contribution >= 4 is 9.84 Å². The molecule has 2 rings (SSSR count). The van der Waals surface area contributed by atoms with Crippen LogP contribution in [0.1, 0.15) is 0 Å². The number of nitrogens with one attached hydrogen (secondary N) is 1. The molecule has 0 saturated heterocycles. The summed E-state index contributed by atoms with van der Waals surface area (Å²) in [6, 6.07) is 5.93. The zero-order valence-corrected chi connectivity index (χ0v) is 9.25. The number of aromatic nitrogens is 2.